The number of aliphatic hydroxyl groups is 1. The molecule has 18 heavy (non-hydrogen) atoms. The largest absolute Gasteiger partial charge is 0.416 e. The highest BCUT2D eigenvalue weighted by molar-refractivity contribution is 5.33. The van der Waals surface area contributed by atoms with Crippen LogP contribution in [0.15, 0.2) is 18.5 Å². The van der Waals surface area contributed by atoms with Crippen LogP contribution in [0.3, 0.4) is 0 Å². The molecule has 0 atom stereocenters. The first-order valence-corrected chi connectivity index (χ1v) is 5.98. The highest BCUT2D eigenvalue weighted by Gasteiger charge is 2.49. The summed E-state index contributed by atoms with van der Waals surface area (Å²) in [5, 5.41) is 10.3. The minimum Gasteiger partial charge on any atom is -0.385 e. The minimum absolute atomic E-state index is 0.0885. The highest BCUT2D eigenvalue weighted by Crippen LogP contribution is 2.51. The minimum atomic E-state index is -4.45. The van der Waals surface area contributed by atoms with E-state index in [0.717, 1.165) is 18.5 Å². The third-order valence-corrected chi connectivity index (χ3v) is 3.77. The predicted octanol–water partition coefficient (Wildman–Crippen LogP) is 3.35. The van der Waals surface area contributed by atoms with Crippen LogP contribution in [0.2, 0.25) is 0 Å². The third-order valence-electron chi connectivity index (χ3n) is 3.77. The molecule has 1 aliphatic rings. The van der Waals surface area contributed by atoms with Crippen LogP contribution >= 0.6 is 0 Å². The monoisotopic (exact) mass is 259 g/mol. The van der Waals surface area contributed by atoms with Gasteiger partial charge in [-0.25, -0.2) is 0 Å². The molecule has 1 aromatic heterocycles. The summed E-state index contributed by atoms with van der Waals surface area (Å²) >= 11 is 0. The first-order chi connectivity index (χ1) is 8.24. The average molecular weight is 259 g/mol. The van der Waals surface area contributed by atoms with Gasteiger partial charge in [0.1, 0.15) is 0 Å². The zero-order valence-electron chi connectivity index (χ0n) is 10.3. The molecule has 1 N–H and O–H groups in total. The van der Waals surface area contributed by atoms with Crippen molar-refractivity contribution in [3.63, 3.8) is 0 Å². The molecule has 1 fully saturated rings. The number of pyridine rings is 1. The van der Waals surface area contributed by atoms with Gasteiger partial charge >= 0.3 is 6.18 Å². The van der Waals surface area contributed by atoms with Gasteiger partial charge in [0.25, 0.3) is 0 Å². The number of alkyl halides is 3. The van der Waals surface area contributed by atoms with Gasteiger partial charge in [0, 0.05) is 18.0 Å². The molecule has 0 amide bonds. The van der Waals surface area contributed by atoms with Crippen LogP contribution in [0.4, 0.5) is 13.2 Å². The van der Waals surface area contributed by atoms with E-state index in [0.29, 0.717) is 18.8 Å². The number of hydrogen-bond acceptors (Lipinski definition) is 2. The molecule has 2 nitrogen and oxygen atoms in total. The molecule has 1 aromatic rings. The van der Waals surface area contributed by atoms with Crippen molar-refractivity contribution in [1.29, 1.82) is 0 Å². The molecule has 0 radical (unpaired) electrons. The van der Waals surface area contributed by atoms with Gasteiger partial charge in [-0.3, -0.25) is 4.98 Å². The quantitative estimate of drug-likeness (QED) is 0.883. The molecular weight excluding hydrogens is 243 g/mol. The van der Waals surface area contributed by atoms with Crippen molar-refractivity contribution in [1.82, 2.24) is 4.98 Å². The maximum atomic E-state index is 12.9. The van der Waals surface area contributed by atoms with E-state index >= 15 is 0 Å². The van der Waals surface area contributed by atoms with Crippen molar-refractivity contribution < 1.29 is 18.3 Å². The topological polar surface area (TPSA) is 33.1 Å². The Morgan fingerprint density at radius 3 is 2.50 bits per heavy atom. The zero-order chi connectivity index (χ0) is 13.6. The molecule has 0 bridgehead atoms. The van der Waals surface area contributed by atoms with Gasteiger partial charge in [0.2, 0.25) is 0 Å². The lowest BCUT2D eigenvalue weighted by molar-refractivity contribution is -0.147. The number of hydrogen-bond donors (Lipinski definition) is 1. The third kappa shape index (κ3) is 2.23. The lowest BCUT2D eigenvalue weighted by Crippen LogP contribution is -2.44. The fourth-order valence-corrected chi connectivity index (χ4v) is 2.51. The molecule has 1 saturated carbocycles. The van der Waals surface area contributed by atoms with Gasteiger partial charge in [-0.1, -0.05) is 13.8 Å². The first-order valence-electron chi connectivity index (χ1n) is 5.98. The SMILES string of the molecule is CC(C)C1CC(O)(c2cnccc2C(F)(F)F)C1. The first kappa shape index (κ1) is 13.3. The van der Waals surface area contributed by atoms with E-state index in [9.17, 15) is 18.3 Å². The molecule has 0 saturated heterocycles. The summed E-state index contributed by atoms with van der Waals surface area (Å²) < 4.78 is 38.6. The normalized spacial score (nSPS) is 28.3. The van der Waals surface area contributed by atoms with Crippen molar-refractivity contribution in [3.05, 3.63) is 29.6 Å². The van der Waals surface area contributed by atoms with Gasteiger partial charge in [-0.15, -0.1) is 0 Å². The molecule has 0 aliphatic heterocycles. The zero-order valence-corrected chi connectivity index (χ0v) is 10.3. The summed E-state index contributed by atoms with van der Waals surface area (Å²) in [5.74, 6) is 0.646. The standard InChI is InChI=1S/C13H16F3NO/c1-8(2)9-5-12(18,6-9)11-7-17-4-3-10(11)13(14,15)16/h3-4,7-9,18H,5-6H2,1-2H3. The van der Waals surface area contributed by atoms with Crippen molar-refractivity contribution >= 4 is 0 Å². The lowest BCUT2D eigenvalue weighted by Gasteiger charge is -2.46. The van der Waals surface area contributed by atoms with Crippen molar-refractivity contribution in [2.24, 2.45) is 11.8 Å². The van der Waals surface area contributed by atoms with Gasteiger partial charge in [0.05, 0.1) is 11.2 Å². The van der Waals surface area contributed by atoms with Crippen molar-refractivity contribution in [3.8, 4) is 0 Å². The van der Waals surface area contributed by atoms with Crippen LogP contribution in [0.5, 0.6) is 0 Å². The Balaban J connectivity index is 2.30. The number of aromatic nitrogens is 1. The van der Waals surface area contributed by atoms with E-state index in [4.69, 9.17) is 0 Å². The van der Waals surface area contributed by atoms with Crippen LogP contribution < -0.4 is 0 Å². The molecule has 1 aliphatic carbocycles. The fraction of sp³-hybridized carbons (Fsp3) is 0.615. The Hall–Kier alpha value is -1.10. The summed E-state index contributed by atoms with van der Waals surface area (Å²) in [6, 6.07) is 0.927. The van der Waals surface area contributed by atoms with Gasteiger partial charge in [0.15, 0.2) is 0 Å². The van der Waals surface area contributed by atoms with Crippen LogP contribution in [-0.2, 0) is 11.8 Å². The lowest BCUT2D eigenvalue weighted by atomic mass is 9.63. The maximum absolute atomic E-state index is 12.9. The van der Waals surface area contributed by atoms with Gasteiger partial charge < -0.3 is 5.11 Å². The van der Waals surface area contributed by atoms with E-state index in [1.165, 1.54) is 0 Å². The summed E-state index contributed by atoms with van der Waals surface area (Å²) in [6.07, 6.45) is -1.45. The van der Waals surface area contributed by atoms with E-state index in [2.05, 4.69) is 4.98 Å². The summed E-state index contributed by atoms with van der Waals surface area (Å²) in [6.45, 7) is 4.02. The van der Waals surface area contributed by atoms with Crippen molar-refractivity contribution in [2.75, 3.05) is 0 Å². The van der Waals surface area contributed by atoms with Crippen LogP contribution in [0.25, 0.3) is 0 Å². The Morgan fingerprint density at radius 2 is 2.00 bits per heavy atom. The second-order valence-electron chi connectivity index (χ2n) is 5.36. The highest BCUT2D eigenvalue weighted by atomic mass is 19.4. The molecule has 0 aromatic carbocycles. The molecule has 100 valence electrons. The second-order valence-corrected chi connectivity index (χ2v) is 5.36. The Bertz CT molecular complexity index is 436. The Labute approximate surface area is 104 Å². The fourth-order valence-electron chi connectivity index (χ4n) is 2.51. The predicted molar refractivity (Wildman–Crippen MR) is 60.7 cm³/mol. The van der Waals surface area contributed by atoms with Crippen molar-refractivity contribution in [2.45, 2.75) is 38.5 Å². The average Bonchev–Trinajstić information content (AvgIpc) is 2.23. The molecule has 0 spiro atoms. The Morgan fingerprint density at radius 1 is 1.39 bits per heavy atom. The summed E-state index contributed by atoms with van der Waals surface area (Å²) in [7, 11) is 0. The molecule has 1 heterocycles. The van der Waals surface area contributed by atoms with E-state index < -0.39 is 17.3 Å². The number of rotatable bonds is 2. The van der Waals surface area contributed by atoms with Crippen LogP contribution in [0.1, 0.15) is 37.8 Å². The number of halogens is 3. The maximum Gasteiger partial charge on any atom is 0.416 e. The molecule has 0 unspecified atom stereocenters. The van der Waals surface area contributed by atoms with Crippen LogP contribution in [-0.4, -0.2) is 10.1 Å². The Kier molecular flexibility index (Phi) is 3.13. The number of nitrogens with zero attached hydrogens (tertiary/aromatic N) is 1. The van der Waals surface area contributed by atoms with E-state index in [1.54, 1.807) is 0 Å². The molecule has 5 heteroatoms. The molecular formula is C13H16F3NO. The van der Waals surface area contributed by atoms with E-state index in [-0.39, 0.29) is 11.5 Å². The van der Waals surface area contributed by atoms with Gasteiger partial charge in [-0.2, -0.15) is 13.2 Å². The van der Waals surface area contributed by atoms with E-state index in [1.807, 2.05) is 13.8 Å². The second kappa shape index (κ2) is 4.23. The summed E-state index contributed by atoms with van der Waals surface area (Å²) in [5.41, 5.74) is -2.23. The summed E-state index contributed by atoms with van der Waals surface area (Å²) in [4.78, 5) is 3.72. The van der Waals surface area contributed by atoms with Gasteiger partial charge in [-0.05, 0) is 30.7 Å². The molecule has 2 rings (SSSR count). The van der Waals surface area contributed by atoms with Crippen LogP contribution in [0, 0.1) is 11.8 Å². The smallest absolute Gasteiger partial charge is 0.385 e.